The van der Waals surface area contributed by atoms with Crippen molar-refractivity contribution < 1.29 is 9.59 Å². The summed E-state index contributed by atoms with van der Waals surface area (Å²) in [5, 5.41) is 13.4. The van der Waals surface area contributed by atoms with Crippen LogP contribution in [0.4, 0.5) is 5.13 Å². The van der Waals surface area contributed by atoms with Crippen molar-refractivity contribution in [1.29, 1.82) is 0 Å². The summed E-state index contributed by atoms with van der Waals surface area (Å²) in [4.78, 5) is 30.7. The van der Waals surface area contributed by atoms with E-state index in [1.54, 1.807) is 22.9 Å². The number of aryl methyl sites for hydroxylation is 1. The standard InChI is InChI=1S/C20H23N5O2S2/c1-2-3-4-9-17-23-24-20(29-17)22-18(26)16-11-28-12-25(16)19(27)14-10-21-15-8-6-5-7-13(14)15/h5-8,10,16,21H,2-4,9,11-12H2,1H3,(H,22,24,26). The number of benzene rings is 1. The van der Waals surface area contributed by atoms with Gasteiger partial charge in [-0.3, -0.25) is 14.9 Å². The molecule has 152 valence electrons. The molecule has 1 unspecified atom stereocenters. The van der Waals surface area contributed by atoms with Gasteiger partial charge in [0, 0.05) is 29.3 Å². The first-order chi connectivity index (χ1) is 14.2. The van der Waals surface area contributed by atoms with Crippen LogP contribution >= 0.6 is 23.1 Å². The molecular weight excluding hydrogens is 406 g/mol. The lowest BCUT2D eigenvalue weighted by molar-refractivity contribution is -0.119. The van der Waals surface area contributed by atoms with Gasteiger partial charge in [-0.05, 0) is 12.5 Å². The summed E-state index contributed by atoms with van der Waals surface area (Å²) >= 11 is 2.99. The Morgan fingerprint density at radius 3 is 3.00 bits per heavy atom. The molecule has 3 aromatic rings. The maximum Gasteiger partial charge on any atom is 0.257 e. The first-order valence-electron chi connectivity index (χ1n) is 9.75. The number of hydrogen-bond donors (Lipinski definition) is 2. The quantitative estimate of drug-likeness (QED) is 0.556. The molecule has 7 nitrogen and oxygen atoms in total. The Morgan fingerprint density at radius 2 is 2.14 bits per heavy atom. The van der Waals surface area contributed by atoms with Crippen LogP contribution in [0.1, 0.15) is 41.6 Å². The molecule has 29 heavy (non-hydrogen) atoms. The minimum Gasteiger partial charge on any atom is -0.360 e. The molecule has 1 fully saturated rings. The number of rotatable bonds is 7. The third kappa shape index (κ3) is 4.30. The topological polar surface area (TPSA) is 91.0 Å². The Morgan fingerprint density at radius 1 is 1.28 bits per heavy atom. The highest BCUT2D eigenvalue weighted by Crippen LogP contribution is 2.27. The fourth-order valence-corrected chi connectivity index (χ4v) is 5.32. The van der Waals surface area contributed by atoms with E-state index in [2.05, 4.69) is 27.4 Å². The van der Waals surface area contributed by atoms with E-state index in [-0.39, 0.29) is 11.8 Å². The van der Waals surface area contributed by atoms with Crippen molar-refractivity contribution in [3.63, 3.8) is 0 Å². The second-order valence-corrected chi connectivity index (χ2v) is 9.05. The van der Waals surface area contributed by atoms with Gasteiger partial charge in [-0.1, -0.05) is 49.3 Å². The van der Waals surface area contributed by atoms with E-state index in [0.717, 1.165) is 41.6 Å². The van der Waals surface area contributed by atoms with Gasteiger partial charge < -0.3 is 9.88 Å². The fraction of sp³-hybridized carbons (Fsp3) is 0.400. The van der Waals surface area contributed by atoms with Gasteiger partial charge in [0.15, 0.2) is 0 Å². The summed E-state index contributed by atoms with van der Waals surface area (Å²) in [5.41, 5.74) is 1.50. The number of anilines is 1. The van der Waals surface area contributed by atoms with Crippen LogP contribution in [0.15, 0.2) is 30.5 Å². The monoisotopic (exact) mass is 429 g/mol. The number of carbonyl (C=O) groups excluding carboxylic acids is 2. The predicted molar refractivity (Wildman–Crippen MR) is 117 cm³/mol. The molecule has 0 saturated carbocycles. The van der Waals surface area contributed by atoms with E-state index in [1.807, 2.05) is 24.3 Å². The fourth-order valence-electron chi connectivity index (χ4n) is 3.38. The van der Waals surface area contributed by atoms with E-state index in [1.165, 1.54) is 11.3 Å². The van der Waals surface area contributed by atoms with Gasteiger partial charge in [-0.25, -0.2) is 0 Å². The predicted octanol–water partition coefficient (Wildman–Crippen LogP) is 3.91. The second kappa shape index (κ2) is 8.96. The second-order valence-electron chi connectivity index (χ2n) is 6.99. The molecule has 1 aromatic carbocycles. The molecule has 0 bridgehead atoms. The van der Waals surface area contributed by atoms with Crippen LogP contribution in [0.3, 0.4) is 0 Å². The van der Waals surface area contributed by atoms with Crippen LogP contribution in [0.2, 0.25) is 0 Å². The molecule has 2 N–H and O–H groups in total. The van der Waals surface area contributed by atoms with Crippen molar-refractivity contribution in [2.45, 2.75) is 38.6 Å². The summed E-state index contributed by atoms with van der Waals surface area (Å²) < 4.78 is 0. The molecule has 1 atom stereocenters. The number of unbranched alkanes of at least 4 members (excludes halogenated alkanes) is 2. The average molecular weight is 430 g/mol. The van der Waals surface area contributed by atoms with Gasteiger partial charge in [0.2, 0.25) is 11.0 Å². The molecule has 2 aromatic heterocycles. The number of amides is 2. The zero-order valence-electron chi connectivity index (χ0n) is 16.2. The van der Waals surface area contributed by atoms with Crippen molar-refractivity contribution in [2.24, 2.45) is 0 Å². The molecule has 9 heteroatoms. The van der Waals surface area contributed by atoms with Crippen LogP contribution in [0.5, 0.6) is 0 Å². The number of thioether (sulfide) groups is 1. The van der Waals surface area contributed by atoms with Gasteiger partial charge in [0.05, 0.1) is 11.4 Å². The first kappa shape index (κ1) is 19.9. The van der Waals surface area contributed by atoms with E-state index < -0.39 is 6.04 Å². The molecule has 1 aliphatic heterocycles. The molecule has 1 saturated heterocycles. The molecular formula is C20H23N5O2S2. The third-order valence-electron chi connectivity index (χ3n) is 4.96. The summed E-state index contributed by atoms with van der Waals surface area (Å²) in [6.45, 7) is 2.16. The Hall–Kier alpha value is -2.39. The van der Waals surface area contributed by atoms with Crippen molar-refractivity contribution in [3.05, 3.63) is 41.0 Å². The molecule has 4 rings (SSSR count). The summed E-state index contributed by atoms with van der Waals surface area (Å²) in [6, 6.07) is 7.16. The number of H-pyrrole nitrogens is 1. The average Bonchev–Trinajstić information content (AvgIpc) is 3.47. The number of aromatic nitrogens is 3. The lowest BCUT2D eigenvalue weighted by atomic mass is 10.1. The van der Waals surface area contributed by atoms with Crippen molar-refractivity contribution in [3.8, 4) is 0 Å². The van der Waals surface area contributed by atoms with Crippen LogP contribution in [-0.2, 0) is 11.2 Å². The molecule has 2 amide bonds. The lowest BCUT2D eigenvalue weighted by Crippen LogP contribution is -2.44. The highest BCUT2D eigenvalue weighted by Gasteiger charge is 2.36. The highest BCUT2D eigenvalue weighted by atomic mass is 32.2. The lowest BCUT2D eigenvalue weighted by Gasteiger charge is -2.22. The van der Waals surface area contributed by atoms with Crippen LogP contribution in [0, 0.1) is 0 Å². The highest BCUT2D eigenvalue weighted by molar-refractivity contribution is 7.99. The smallest absolute Gasteiger partial charge is 0.257 e. The van der Waals surface area contributed by atoms with Crippen LogP contribution < -0.4 is 5.32 Å². The third-order valence-corrected chi connectivity index (χ3v) is 6.87. The van der Waals surface area contributed by atoms with Crippen molar-refractivity contribution in [2.75, 3.05) is 16.9 Å². The van der Waals surface area contributed by atoms with Gasteiger partial charge >= 0.3 is 0 Å². The summed E-state index contributed by atoms with van der Waals surface area (Å²) in [7, 11) is 0. The maximum absolute atomic E-state index is 13.1. The normalized spacial score (nSPS) is 16.4. The number of nitrogens with one attached hydrogen (secondary N) is 2. The minimum absolute atomic E-state index is 0.134. The molecule has 0 radical (unpaired) electrons. The van der Waals surface area contributed by atoms with Gasteiger partial charge in [-0.2, -0.15) is 0 Å². The SMILES string of the molecule is CCCCCc1nnc(NC(=O)C2CSCN2C(=O)c2c[nH]c3ccccc23)s1. The van der Waals surface area contributed by atoms with E-state index in [0.29, 0.717) is 22.3 Å². The number of hydrogen-bond acceptors (Lipinski definition) is 6. The van der Waals surface area contributed by atoms with Crippen LogP contribution in [-0.4, -0.2) is 49.6 Å². The van der Waals surface area contributed by atoms with E-state index in [9.17, 15) is 9.59 Å². The largest absolute Gasteiger partial charge is 0.360 e. The number of aromatic amines is 1. The Bertz CT molecular complexity index is 1020. The number of fused-ring (bicyclic) bond motifs is 1. The molecule has 3 heterocycles. The van der Waals surface area contributed by atoms with Crippen LogP contribution in [0.25, 0.3) is 10.9 Å². The summed E-state index contributed by atoms with van der Waals surface area (Å²) in [5.74, 6) is 0.723. The summed E-state index contributed by atoms with van der Waals surface area (Å²) in [6.07, 6.45) is 5.99. The molecule has 1 aliphatic rings. The number of nitrogens with zero attached hydrogens (tertiary/aromatic N) is 3. The Kier molecular flexibility index (Phi) is 6.15. The zero-order valence-corrected chi connectivity index (χ0v) is 17.8. The van der Waals surface area contributed by atoms with Gasteiger partial charge in [0.1, 0.15) is 11.0 Å². The minimum atomic E-state index is -0.520. The number of para-hydroxylation sites is 1. The van der Waals surface area contributed by atoms with Crippen molar-refractivity contribution in [1.82, 2.24) is 20.1 Å². The zero-order chi connectivity index (χ0) is 20.2. The van der Waals surface area contributed by atoms with Gasteiger partial charge in [-0.15, -0.1) is 22.0 Å². The first-order valence-corrected chi connectivity index (χ1v) is 11.7. The molecule has 0 spiro atoms. The Labute approximate surface area is 177 Å². The molecule has 0 aliphatic carbocycles. The van der Waals surface area contributed by atoms with Gasteiger partial charge in [0.25, 0.3) is 5.91 Å². The van der Waals surface area contributed by atoms with E-state index >= 15 is 0 Å². The maximum atomic E-state index is 13.1. The Balaban J connectivity index is 1.44. The number of carbonyl (C=O) groups is 2. The van der Waals surface area contributed by atoms with E-state index in [4.69, 9.17) is 0 Å². The van der Waals surface area contributed by atoms with Crippen molar-refractivity contribution >= 4 is 50.9 Å².